The van der Waals surface area contributed by atoms with Crippen molar-refractivity contribution < 1.29 is 17.9 Å². The first-order valence-corrected chi connectivity index (χ1v) is 9.15. The van der Waals surface area contributed by atoms with Gasteiger partial charge in [-0.1, -0.05) is 6.07 Å². The molecule has 0 radical (unpaired) electrons. The molecule has 1 saturated heterocycles. The topological polar surface area (TPSA) is 116 Å². The van der Waals surface area contributed by atoms with E-state index < -0.39 is 15.4 Å². The molecule has 10 heteroatoms. The number of nitrogens with zero attached hydrogens (tertiary/aromatic N) is 4. The van der Waals surface area contributed by atoms with Crippen LogP contribution in [0.15, 0.2) is 30.6 Å². The molecule has 0 aliphatic carbocycles. The van der Waals surface area contributed by atoms with Crippen LogP contribution in [0.25, 0.3) is 5.69 Å². The number of benzene rings is 1. The van der Waals surface area contributed by atoms with Crippen molar-refractivity contribution in [3.05, 3.63) is 30.6 Å². The van der Waals surface area contributed by atoms with Gasteiger partial charge in [0.2, 0.25) is 0 Å². The number of aromatic nitrogens is 4. The van der Waals surface area contributed by atoms with Crippen LogP contribution in [0.1, 0.15) is 13.3 Å². The van der Waals surface area contributed by atoms with Gasteiger partial charge in [-0.05, 0) is 35.9 Å². The average molecular weight is 351 g/mol. The Morgan fingerprint density at radius 2 is 2.29 bits per heavy atom. The second-order valence-corrected chi connectivity index (χ2v) is 8.18. The van der Waals surface area contributed by atoms with Gasteiger partial charge in [0.25, 0.3) is 5.91 Å². The highest BCUT2D eigenvalue weighted by Gasteiger charge is 2.39. The summed E-state index contributed by atoms with van der Waals surface area (Å²) in [7, 11) is -3.07. The summed E-state index contributed by atoms with van der Waals surface area (Å²) in [5, 5.41) is 13.6. The molecule has 1 amide bonds. The van der Waals surface area contributed by atoms with Gasteiger partial charge in [-0.3, -0.25) is 4.79 Å². The lowest BCUT2D eigenvalue weighted by Crippen LogP contribution is -2.48. The molecule has 1 fully saturated rings. The van der Waals surface area contributed by atoms with Crippen molar-refractivity contribution >= 4 is 15.7 Å². The number of tetrazole rings is 1. The number of rotatable bonds is 5. The monoisotopic (exact) mass is 351 g/mol. The SMILES string of the molecule is C[C@@]1(NC(=O)COc2cccc(-n3cnnn3)c2)CCS(=O)(=O)C1. The van der Waals surface area contributed by atoms with Gasteiger partial charge in [0.15, 0.2) is 16.4 Å². The van der Waals surface area contributed by atoms with Gasteiger partial charge in [0.1, 0.15) is 12.1 Å². The molecule has 24 heavy (non-hydrogen) atoms. The number of hydrogen-bond acceptors (Lipinski definition) is 7. The van der Waals surface area contributed by atoms with E-state index in [2.05, 4.69) is 20.8 Å². The minimum Gasteiger partial charge on any atom is -0.484 e. The first kappa shape index (κ1) is 16.4. The minimum atomic E-state index is -3.07. The van der Waals surface area contributed by atoms with Crippen molar-refractivity contribution in [1.82, 2.24) is 25.5 Å². The predicted octanol–water partition coefficient (Wildman–Crippen LogP) is -0.265. The molecule has 0 spiro atoms. The number of carbonyl (C=O) groups excluding carboxylic acids is 1. The number of carbonyl (C=O) groups is 1. The summed E-state index contributed by atoms with van der Waals surface area (Å²) in [4.78, 5) is 12.0. The van der Waals surface area contributed by atoms with E-state index in [1.807, 2.05) is 0 Å². The van der Waals surface area contributed by atoms with Crippen molar-refractivity contribution in [3.8, 4) is 11.4 Å². The fraction of sp³-hybridized carbons (Fsp3) is 0.429. The van der Waals surface area contributed by atoms with E-state index in [9.17, 15) is 13.2 Å². The quantitative estimate of drug-likeness (QED) is 0.788. The fourth-order valence-electron chi connectivity index (χ4n) is 2.63. The van der Waals surface area contributed by atoms with Crippen LogP contribution in [0, 0.1) is 0 Å². The number of nitrogens with one attached hydrogen (secondary N) is 1. The number of hydrogen-bond donors (Lipinski definition) is 1. The third kappa shape index (κ3) is 3.88. The van der Waals surface area contributed by atoms with E-state index in [0.717, 1.165) is 0 Å². The van der Waals surface area contributed by atoms with E-state index in [0.29, 0.717) is 17.9 Å². The van der Waals surface area contributed by atoms with Gasteiger partial charge >= 0.3 is 0 Å². The molecule has 0 unspecified atom stereocenters. The molecule has 1 aromatic heterocycles. The normalized spacial score (nSPS) is 22.2. The Labute approximate surface area is 138 Å². The summed E-state index contributed by atoms with van der Waals surface area (Å²) < 4.78 is 30.1. The minimum absolute atomic E-state index is 0.0411. The first-order chi connectivity index (χ1) is 11.4. The first-order valence-electron chi connectivity index (χ1n) is 7.33. The zero-order valence-corrected chi connectivity index (χ0v) is 13.9. The summed E-state index contributed by atoms with van der Waals surface area (Å²) in [6.45, 7) is 1.53. The van der Waals surface area contributed by atoms with E-state index in [1.54, 1.807) is 31.2 Å². The Kier molecular flexibility index (Phi) is 4.22. The highest BCUT2D eigenvalue weighted by Crippen LogP contribution is 2.22. The largest absolute Gasteiger partial charge is 0.484 e. The van der Waals surface area contributed by atoms with E-state index in [-0.39, 0.29) is 24.0 Å². The smallest absolute Gasteiger partial charge is 0.258 e. The summed E-state index contributed by atoms with van der Waals surface area (Å²) in [6.07, 6.45) is 1.86. The molecule has 1 aliphatic heterocycles. The Bertz CT molecular complexity index is 837. The Hall–Kier alpha value is -2.49. The van der Waals surface area contributed by atoms with Crippen LogP contribution in [-0.2, 0) is 14.6 Å². The molecule has 128 valence electrons. The molecule has 1 N–H and O–H groups in total. The Morgan fingerprint density at radius 3 is 2.96 bits per heavy atom. The summed E-state index contributed by atoms with van der Waals surface area (Å²) in [5.41, 5.74) is -0.0279. The zero-order chi connectivity index (χ0) is 17.2. The lowest BCUT2D eigenvalue weighted by atomic mass is 10.0. The van der Waals surface area contributed by atoms with Crippen molar-refractivity contribution in [2.75, 3.05) is 18.1 Å². The van der Waals surface area contributed by atoms with Crippen LogP contribution >= 0.6 is 0 Å². The average Bonchev–Trinajstić information content (AvgIpc) is 3.14. The molecule has 3 rings (SSSR count). The van der Waals surface area contributed by atoms with Crippen LogP contribution in [0.4, 0.5) is 0 Å². The van der Waals surface area contributed by atoms with Gasteiger partial charge in [-0.2, -0.15) is 0 Å². The molecule has 0 bridgehead atoms. The highest BCUT2D eigenvalue weighted by atomic mass is 32.2. The maximum Gasteiger partial charge on any atom is 0.258 e. The second-order valence-electron chi connectivity index (χ2n) is 5.99. The molecule has 1 aliphatic rings. The van der Waals surface area contributed by atoms with Crippen molar-refractivity contribution in [3.63, 3.8) is 0 Å². The maximum absolute atomic E-state index is 12.0. The third-order valence-electron chi connectivity index (χ3n) is 3.75. The van der Waals surface area contributed by atoms with Crippen LogP contribution in [0.2, 0.25) is 0 Å². The summed E-state index contributed by atoms with van der Waals surface area (Å²) >= 11 is 0. The number of sulfone groups is 1. The highest BCUT2D eigenvalue weighted by molar-refractivity contribution is 7.91. The van der Waals surface area contributed by atoms with Crippen LogP contribution in [-0.4, -0.2) is 58.2 Å². The van der Waals surface area contributed by atoms with Gasteiger partial charge in [-0.15, -0.1) is 5.10 Å². The summed E-state index contributed by atoms with van der Waals surface area (Å²) in [6, 6.07) is 6.97. The van der Waals surface area contributed by atoms with Gasteiger partial charge in [0.05, 0.1) is 22.7 Å². The molecule has 0 saturated carbocycles. The molecular formula is C14H17N5O4S. The third-order valence-corrected chi connectivity index (χ3v) is 5.65. The lowest BCUT2D eigenvalue weighted by Gasteiger charge is -2.23. The van der Waals surface area contributed by atoms with Crippen LogP contribution in [0.3, 0.4) is 0 Å². The molecule has 1 atom stereocenters. The number of ether oxygens (including phenoxy) is 1. The fourth-order valence-corrected chi connectivity index (χ4v) is 4.72. The standard InChI is InChI=1S/C14H17N5O4S/c1-14(5-6-24(21,22)9-14)16-13(20)8-23-12-4-2-3-11(7-12)19-10-15-17-18-19/h2-4,7,10H,5-6,8-9H2,1H3,(H,16,20)/t14-/m1/s1. The van der Waals surface area contributed by atoms with E-state index in [4.69, 9.17) is 4.74 Å². The molecule has 2 aromatic rings. The van der Waals surface area contributed by atoms with Gasteiger partial charge in [-0.25, -0.2) is 13.1 Å². The van der Waals surface area contributed by atoms with Crippen molar-refractivity contribution in [1.29, 1.82) is 0 Å². The lowest BCUT2D eigenvalue weighted by molar-refractivity contribution is -0.124. The van der Waals surface area contributed by atoms with Crippen molar-refractivity contribution in [2.45, 2.75) is 18.9 Å². The number of amides is 1. The maximum atomic E-state index is 12.0. The zero-order valence-electron chi connectivity index (χ0n) is 13.0. The Morgan fingerprint density at radius 1 is 1.46 bits per heavy atom. The molecule has 1 aromatic carbocycles. The Balaban J connectivity index is 1.58. The molecule has 2 heterocycles. The molecule has 9 nitrogen and oxygen atoms in total. The van der Waals surface area contributed by atoms with Gasteiger partial charge < -0.3 is 10.1 Å². The summed E-state index contributed by atoms with van der Waals surface area (Å²) in [5.74, 6) is 0.184. The van der Waals surface area contributed by atoms with Crippen LogP contribution < -0.4 is 10.1 Å². The van der Waals surface area contributed by atoms with E-state index in [1.165, 1.54) is 11.0 Å². The molecular weight excluding hydrogens is 334 g/mol. The second kappa shape index (κ2) is 6.19. The predicted molar refractivity (Wildman–Crippen MR) is 84.5 cm³/mol. The van der Waals surface area contributed by atoms with Gasteiger partial charge in [0, 0.05) is 6.07 Å². The van der Waals surface area contributed by atoms with Crippen molar-refractivity contribution in [2.24, 2.45) is 0 Å². The van der Waals surface area contributed by atoms with Crippen LogP contribution in [0.5, 0.6) is 5.75 Å². The van der Waals surface area contributed by atoms with E-state index >= 15 is 0 Å².